The summed E-state index contributed by atoms with van der Waals surface area (Å²) in [5, 5.41) is 2.40. The Morgan fingerprint density at radius 1 is 1.33 bits per heavy atom. The third kappa shape index (κ3) is 5.52. The summed E-state index contributed by atoms with van der Waals surface area (Å²) in [6.07, 6.45) is -3.82. The van der Waals surface area contributed by atoms with Crippen LogP contribution < -0.4 is 11.1 Å². The van der Waals surface area contributed by atoms with Gasteiger partial charge in [-0.2, -0.15) is 13.2 Å². The van der Waals surface area contributed by atoms with Crippen molar-refractivity contribution in [1.29, 1.82) is 0 Å². The maximum atomic E-state index is 12.2. The Kier molecular flexibility index (Phi) is 8.71. The van der Waals surface area contributed by atoms with Crippen LogP contribution in [0.25, 0.3) is 0 Å². The number of halogens is 5. The highest BCUT2D eigenvalue weighted by molar-refractivity contribution is 5.92. The van der Waals surface area contributed by atoms with Gasteiger partial charge in [0.2, 0.25) is 0 Å². The molecule has 0 aliphatic rings. The number of carbonyl (C=O) groups excluding carboxylic acids is 1. The van der Waals surface area contributed by atoms with Gasteiger partial charge in [-0.1, -0.05) is 0 Å². The van der Waals surface area contributed by atoms with Crippen LogP contribution in [-0.2, 0) is 6.18 Å². The molecule has 0 aliphatic carbocycles. The van der Waals surface area contributed by atoms with Crippen molar-refractivity contribution in [2.75, 3.05) is 13.1 Å². The quantitative estimate of drug-likeness (QED) is 0.892. The number of alkyl halides is 3. The van der Waals surface area contributed by atoms with Crippen LogP contribution in [-0.4, -0.2) is 24.0 Å². The number of aromatic nitrogens is 1. The Balaban J connectivity index is 0. The van der Waals surface area contributed by atoms with Gasteiger partial charge >= 0.3 is 6.18 Å². The topological polar surface area (TPSA) is 68.0 Å². The molecule has 1 heterocycles. The number of rotatable bonds is 3. The van der Waals surface area contributed by atoms with E-state index >= 15 is 0 Å². The van der Waals surface area contributed by atoms with Crippen LogP contribution in [0, 0.1) is 0 Å². The van der Waals surface area contributed by atoms with Gasteiger partial charge in [-0.3, -0.25) is 9.78 Å². The molecule has 9 heteroatoms. The lowest BCUT2D eigenvalue weighted by molar-refractivity contribution is -0.137. The zero-order valence-corrected chi connectivity index (χ0v) is 10.7. The second-order valence-corrected chi connectivity index (χ2v) is 2.97. The Morgan fingerprint density at radius 3 is 2.33 bits per heavy atom. The molecule has 0 fully saturated rings. The van der Waals surface area contributed by atoms with Crippen molar-refractivity contribution in [3.63, 3.8) is 0 Å². The first-order chi connectivity index (χ1) is 7.45. The molecule has 0 unspecified atom stereocenters. The van der Waals surface area contributed by atoms with Gasteiger partial charge in [0.15, 0.2) is 0 Å². The maximum absolute atomic E-state index is 12.2. The molecule has 0 aromatic carbocycles. The van der Waals surface area contributed by atoms with Crippen LogP contribution in [0.1, 0.15) is 16.1 Å². The fraction of sp³-hybridized carbons (Fsp3) is 0.333. The predicted octanol–water partition coefficient (Wildman–Crippen LogP) is 1.63. The maximum Gasteiger partial charge on any atom is 0.417 e. The van der Waals surface area contributed by atoms with Gasteiger partial charge in [0.05, 0.1) is 5.56 Å². The molecule has 0 saturated carbocycles. The molecule has 0 bridgehead atoms. The van der Waals surface area contributed by atoms with Gasteiger partial charge in [-0.25, -0.2) is 0 Å². The van der Waals surface area contributed by atoms with E-state index in [2.05, 4.69) is 10.3 Å². The van der Waals surface area contributed by atoms with Crippen molar-refractivity contribution in [2.24, 2.45) is 5.73 Å². The summed E-state index contributed by atoms with van der Waals surface area (Å²) in [5.74, 6) is -0.542. The minimum Gasteiger partial charge on any atom is -0.349 e. The first-order valence-corrected chi connectivity index (χ1v) is 4.46. The number of hydrogen-bond donors (Lipinski definition) is 2. The highest BCUT2D eigenvalue weighted by atomic mass is 35.5. The van der Waals surface area contributed by atoms with Crippen LogP contribution in [0.3, 0.4) is 0 Å². The number of nitrogens with zero attached hydrogens (tertiary/aromatic N) is 1. The van der Waals surface area contributed by atoms with Crippen molar-refractivity contribution < 1.29 is 18.0 Å². The van der Waals surface area contributed by atoms with Gasteiger partial charge in [0.25, 0.3) is 5.91 Å². The van der Waals surface area contributed by atoms with Gasteiger partial charge in [-0.05, 0) is 12.1 Å². The first-order valence-electron chi connectivity index (χ1n) is 4.46. The minimum absolute atomic E-state index is 0. The van der Waals surface area contributed by atoms with E-state index < -0.39 is 17.6 Å². The third-order valence-electron chi connectivity index (χ3n) is 1.75. The summed E-state index contributed by atoms with van der Waals surface area (Å²) in [5.41, 5.74) is 4.20. The molecule has 0 aliphatic heterocycles. The molecule has 0 atom stereocenters. The SMILES string of the molecule is Cl.Cl.NCCNC(=O)c1ccc(C(F)(F)F)cn1. The molecule has 1 rings (SSSR count). The number of nitrogens with two attached hydrogens (primary N) is 1. The van der Waals surface area contributed by atoms with Gasteiger partial charge < -0.3 is 11.1 Å². The van der Waals surface area contributed by atoms with Gasteiger partial charge in [0, 0.05) is 19.3 Å². The van der Waals surface area contributed by atoms with Crippen molar-refractivity contribution >= 4 is 30.7 Å². The van der Waals surface area contributed by atoms with Crippen molar-refractivity contribution in [3.05, 3.63) is 29.6 Å². The van der Waals surface area contributed by atoms with E-state index in [9.17, 15) is 18.0 Å². The molecular formula is C9H12Cl2F3N3O. The Labute approximate surface area is 114 Å². The highest BCUT2D eigenvalue weighted by Gasteiger charge is 2.30. The molecule has 1 aromatic rings. The lowest BCUT2D eigenvalue weighted by Crippen LogP contribution is -2.29. The lowest BCUT2D eigenvalue weighted by Gasteiger charge is -2.06. The second kappa shape index (κ2) is 8.12. The zero-order valence-electron chi connectivity index (χ0n) is 9.03. The smallest absolute Gasteiger partial charge is 0.349 e. The van der Waals surface area contributed by atoms with E-state index in [0.717, 1.165) is 12.1 Å². The Morgan fingerprint density at radius 2 is 1.94 bits per heavy atom. The molecule has 1 aromatic heterocycles. The molecule has 4 nitrogen and oxygen atoms in total. The summed E-state index contributed by atoms with van der Waals surface area (Å²) in [4.78, 5) is 14.7. The molecule has 18 heavy (non-hydrogen) atoms. The summed E-state index contributed by atoms with van der Waals surface area (Å²) in [6.45, 7) is 0.508. The first kappa shape index (κ1) is 19.3. The monoisotopic (exact) mass is 305 g/mol. The average Bonchev–Trinajstić information content (AvgIpc) is 2.25. The van der Waals surface area contributed by atoms with Crippen molar-refractivity contribution in [2.45, 2.75) is 6.18 Å². The average molecular weight is 306 g/mol. The number of carbonyl (C=O) groups is 1. The largest absolute Gasteiger partial charge is 0.417 e. The summed E-state index contributed by atoms with van der Waals surface area (Å²) in [6, 6.07) is 1.83. The van der Waals surface area contributed by atoms with Gasteiger partial charge in [-0.15, -0.1) is 24.8 Å². The number of amides is 1. The van der Waals surface area contributed by atoms with Crippen LogP contribution in [0.5, 0.6) is 0 Å². The molecule has 0 radical (unpaired) electrons. The Hall–Kier alpha value is -1.05. The molecule has 0 saturated heterocycles. The van der Waals surface area contributed by atoms with Crippen molar-refractivity contribution in [1.82, 2.24) is 10.3 Å². The Bertz CT molecular complexity index is 370. The van der Waals surface area contributed by atoms with Crippen LogP contribution in [0.15, 0.2) is 18.3 Å². The molecule has 1 amide bonds. The summed E-state index contributed by atoms with van der Waals surface area (Å²) >= 11 is 0. The van der Waals surface area contributed by atoms with E-state index in [1.54, 1.807) is 0 Å². The number of nitrogens with one attached hydrogen (secondary N) is 1. The standard InChI is InChI=1S/C9H10F3N3O.2ClH/c10-9(11,12)6-1-2-7(15-5-6)8(16)14-4-3-13;;/h1-2,5H,3-4,13H2,(H,14,16);2*1H. The second-order valence-electron chi connectivity index (χ2n) is 2.97. The van der Waals surface area contributed by atoms with E-state index in [1.807, 2.05) is 0 Å². The molecule has 3 N–H and O–H groups in total. The minimum atomic E-state index is -4.45. The molecule has 104 valence electrons. The molecule has 0 spiro atoms. The summed E-state index contributed by atoms with van der Waals surface area (Å²) in [7, 11) is 0. The summed E-state index contributed by atoms with van der Waals surface area (Å²) < 4.78 is 36.5. The highest BCUT2D eigenvalue weighted by Crippen LogP contribution is 2.28. The van der Waals surface area contributed by atoms with E-state index in [4.69, 9.17) is 5.73 Å². The van der Waals surface area contributed by atoms with Crippen LogP contribution >= 0.6 is 24.8 Å². The van der Waals surface area contributed by atoms with E-state index in [-0.39, 0.29) is 43.6 Å². The van der Waals surface area contributed by atoms with Crippen LogP contribution in [0.4, 0.5) is 13.2 Å². The molecular weight excluding hydrogens is 294 g/mol. The fourth-order valence-corrected chi connectivity index (χ4v) is 0.972. The normalized spacial score (nSPS) is 10.0. The predicted molar refractivity (Wildman–Crippen MR) is 65.1 cm³/mol. The fourth-order valence-electron chi connectivity index (χ4n) is 0.972. The zero-order chi connectivity index (χ0) is 12.2. The third-order valence-corrected chi connectivity index (χ3v) is 1.75. The lowest BCUT2D eigenvalue weighted by atomic mass is 10.2. The number of pyridine rings is 1. The van der Waals surface area contributed by atoms with Crippen molar-refractivity contribution in [3.8, 4) is 0 Å². The van der Waals surface area contributed by atoms with E-state index in [1.165, 1.54) is 0 Å². The number of hydrogen-bond acceptors (Lipinski definition) is 3. The van der Waals surface area contributed by atoms with Gasteiger partial charge in [0.1, 0.15) is 5.69 Å². The van der Waals surface area contributed by atoms with Crippen LogP contribution in [0.2, 0.25) is 0 Å². The van der Waals surface area contributed by atoms with E-state index in [0.29, 0.717) is 6.20 Å².